The van der Waals surface area contributed by atoms with Crippen LogP contribution in [-0.2, 0) is 6.54 Å². The Hall–Kier alpha value is -1.75. The fourth-order valence-electron chi connectivity index (χ4n) is 2.00. The van der Waals surface area contributed by atoms with Gasteiger partial charge in [-0.3, -0.25) is 0 Å². The zero-order valence-electron chi connectivity index (χ0n) is 9.61. The molecule has 0 atom stereocenters. The van der Waals surface area contributed by atoms with Crippen molar-refractivity contribution >= 4 is 10.9 Å². The molecule has 0 saturated heterocycles. The molecule has 2 heteroatoms. The number of fused-ring (bicyclic) bond motifs is 1. The molecule has 0 bridgehead atoms. The Morgan fingerprint density at radius 2 is 2.12 bits per heavy atom. The van der Waals surface area contributed by atoms with Crippen molar-refractivity contribution in [3.63, 3.8) is 0 Å². The molecule has 1 aromatic heterocycles. The SMILES string of the molecule is CCCCCn1ccc2cc(C#N)ccc21. The van der Waals surface area contributed by atoms with E-state index in [1.54, 1.807) is 0 Å². The Morgan fingerprint density at radius 3 is 2.88 bits per heavy atom. The van der Waals surface area contributed by atoms with Crippen LogP contribution in [0.3, 0.4) is 0 Å². The Labute approximate surface area is 96.1 Å². The number of rotatable bonds is 4. The fourth-order valence-corrected chi connectivity index (χ4v) is 2.00. The molecule has 0 radical (unpaired) electrons. The van der Waals surface area contributed by atoms with E-state index in [4.69, 9.17) is 5.26 Å². The van der Waals surface area contributed by atoms with E-state index in [0.29, 0.717) is 0 Å². The van der Waals surface area contributed by atoms with Gasteiger partial charge in [-0.05, 0) is 30.7 Å². The summed E-state index contributed by atoms with van der Waals surface area (Å²) in [6.45, 7) is 3.29. The van der Waals surface area contributed by atoms with E-state index in [0.717, 1.165) is 17.5 Å². The van der Waals surface area contributed by atoms with E-state index in [-0.39, 0.29) is 0 Å². The van der Waals surface area contributed by atoms with Crippen molar-refractivity contribution < 1.29 is 0 Å². The highest BCUT2D eigenvalue weighted by atomic mass is 14.9. The van der Waals surface area contributed by atoms with E-state index < -0.39 is 0 Å². The molecule has 0 aliphatic rings. The topological polar surface area (TPSA) is 28.7 Å². The van der Waals surface area contributed by atoms with E-state index in [1.165, 1.54) is 24.8 Å². The molecule has 0 aliphatic carbocycles. The van der Waals surface area contributed by atoms with E-state index in [9.17, 15) is 0 Å². The summed E-state index contributed by atoms with van der Waals surface area (Å²) in [5.74, 6) is 0. The van der Waals surface area contributed by atoms with Crippen molar-refractivity contribution in [2.45, 2.75) is 32.7 Å². The van der Waals surface area contributed by atoms with Gasteiger partial charge in [0, 0.05) is 23.6 Å². The number of nitriles is 1. The molecule has 0 fully saturated rings. The maximum atomic E-state index is 8.82. The van der Waals surface area contributed by atoms with Crippen molar-refractivity contribution in [3.05, 3.63) is 36.0 Å². The highest BCUT2D eigenvalue weighted by Crippen LogP contribution is 2.18. The molecule has 2 aromatic rings. The van der Waals surface area contributed by atoms with Gasteiger partial charge in [0.05, 0.1) is 11.6 Å². The summed E-state index contributed by atoms with van der Waals surface area (Å²) in [6.07, 6.45) is 5.86. The van der Waals surface area contributed by atoms with Crippen molar-refractivity contribution in [1.82, 2.24) is 4.57 Å². The van der Waals surface area contributed by atoms with Crippen molar-refractivity contribution in [3.8, 4) is 6.07 Å². The molecule has 0 spiro atoms. The predicted octanol–water partition coefficient (Wildman–Crippen LogP) is 3.70. The number of aromatic nitrogens is 1. The quantitative estimate of drug-likeness (QED) is 0.710. The number of aryl methyl sites for hydroxylation is 1. The number of hydrogen-bond acceptors (Lipinski definition) is 1. The van der Waals surface area contributed by atoms with Gasteiger partial charge in [0.2, 0.25) is 0 Å². The first-order valence-corrected chi connectivity index (χ1v) is 5.84. The van der Waals surface area contributed by atoms with E-state index in [2.05, 4.69) is 29.8 Å². The van der Waals surface area contributed by atoms with Crippen LogP contribution in [-0.4, -0.2) is 4.57 Å². The monoisotopic (exact) mass is 212 g/mol. The van der Waals surface area contributed by atoms with Crippen LogP contribution < -0.4 is 0 Å². The van der Waals surface area contributed by atoms with Gasteiger partial charge in [0.15, 0.2) is 0 Å². The minimum atomic E-state index is 0.735. The molecular weight excluding hydrogens is 196 g/mol. The summed E-state index contributed by atoms with van der Waals surface area (Å²) in [5.41, 5.74) is 1.97. The second kappa shape index (κ2) is 4.85. The largest absolute Gasteiger partial charge is 0.347 e. The first-order chi connectivity index (χ1) is 7.85. The molecule has 0 saturated carbocycles. The number of unbranched alkanes of at least 4 members (excludes halogenated alkanes) is 2. The van der Waals surface area contributed by atoms with Crippen LogP contribution in [0.25, 0.3) is 10.9 Å². The number of benzene rings is 1. The third kappa shape index (κ3) is 2.09. The molecule has 0 aliphatic heterocycles. The summed E-state index contributed by atoms with van der Waals surface area (Å²) in [7, 11) is 0. The van der Waals surface area contributed by atoms with Gasteiger partial charge in [0.1, 0.15) is 0 Å². The van der Waals surface area contributed by atoms with Gasteiger partial charge in [-0.2, -0.15) is 5.26 Å². The lowest BCUT2D eigenvalue weighted by Gasteiger charge is -2.04. The third-order valence-corrected chi connectivity index (χ3v) is 2.90. The summed E-state index contributed by atoms with van der Waals surface area (Å²) in [4.78, 5) is 0. The lowest BCUT2D eigenvalue weighted by molar-refractivity contribution is 0.616. The number of hydrogen-bond donors (Lipinski definition) is 0. The van der Waals surface area contributed by atoms with Crippen LogP contribution in [0.5, 0.6) is 0 Å². The van der Waals surface area contributed by atoms with Crippen molar-refractivity contribution in [2.24, 2.45) is 0 Å². The molecule has 0 unspecified atom stereocenters. The van der Waals surface area contributed by atoms with Crippen LogP contribution in [0.4, 0.5) is 0 Å². The van der Waals surface area contributed by atoms with Crippen LogP contribution >= 0.6 is 0 Å². The molecule has 16 heavy (non-hydrogen) atoms. The minimum Gasteiger partial charge on any atom is -0.347 e. The predicted molar refractivity (Wildman–Crippen MR) is 66.2 cm³/mol. The Morgan fingerprint density at radius 1 is 1.25 bits per heavy atom. The second-order valence-corrected chi connectivity index (χ2v) is 4.10. The van der Waals surface area contributed by atoms with Crippen LogP contribution in [0.1, 0.15) is 31.7 Å². The van der Waals surface area contributed by atoms with Gasteiger partial charge in [-0.15, -0.1) is 0 Å². The molecule has 0 N–H and O–H groups in total. The summed E-state index contributed by atoms with van der Waals surface area (Å²) in [6, 6.07) is 10.1. The maximum Gasteiger partial charge on any atom is 0.0991 e. The Kier molecular flexibility index (Phi) is 3.26. The van der Waals surface area contributed by atoms with Gasteiger partial charge in [-0.1, -0.05) is 19.8 Å². The minimum absolute atomic E-state index is 0.735. The zero-order valence-corrected chi connectivity index (χ0v) is 9.61. The molecular formula is C14H16N2. The summed E-state index contributed by atoms with van der Waals surface area (Å²) >= 11 is 0. The van der Waals surface area contributed by atoms with Gasteiger partial charge in [0.25, 0.3) is 0 Å². The lowest BCUT2D eigenvalue weighted by atomic mass is 10.2. The molecule has 1 aromatic carbocycles. The van der Waals surface area contributed by atoms with E-state index >= 15 is 0 Å². The average molecular weight is 212 g/mol. The van der Waals surface area contributed by atoms with E-state index in [1.807, 2.05) is 18.2 Å². The average Bonchev–Trinajstić information content (AvgIpc) is 2.72. The van der Waals surface area contributed by atoms with Crippen LogP contribution in [0.15, 0.2) is 30.5 Å². The molecule has 2 nitrogen and oxygen atoms in total. The first kappa shape index (κ1) is 10.8. The van der Waals surface area contributed by atoms with Crippen LogP contribution in [0.2, 0.25) is 0 Å². The highest BCUT2D eigenvalue weighted by molar-refractivity contribution is 5.81. The number of nitrogens with zero attached hydrogens (tertiary/aromatic N) is 2. The van der Waals surface area contributed by atoms with Gasteiger partial charge in [-0.25, -0.2) is 0 Å². The first-order valence-electron chi connectivity index (χ1n) is 5.84. The summed E-state index contributed by atoms with van der Waals surface area (Å²) in [5, 5.41) is 9.98. The Bertz CT molecular complexity index is 517. The standard InChI is InChI=1S/C14H16N2/c1-2-3-4-8-16-9-7-13-10-12(11-15)5-6-14(13)16/h5-7,9-10H,2-4,8H2,1H3. The lowest BCUT2D eigenvalue weighted by Crippen LogP contribution is -1.95. The highest BCUT2D eigenvalue weighted by Gasteiger charge is 2.01. The normalized spacial score (nSPS) is 10.5. The molecule has 0 amide bonds. The van der Waals surface area contributed by atoms with Gasteiger partial charge >= 0.3 is 0 Å². The van der Waals surface area contributed by atoms with Crippen molar-refractivity contribution in [1.29, 1.82) is 5.26 Å². The molecule has 82 valence electrons. The smallest absolute Gasteiger partial charge is 0.0991 e. The fraction of sp³-hybridized carbons (Fsp3) is 0.357. The maximum absolute atomic E-state index is 8.82. The van der Waals surface area contributed by atoms with Gasteiger partial charge < -0.3 is 4.57 Å². The second-order valence-electron chi connectivity index (χ2n) is 4.10. The molecule has 1 heterocycles. The van der Waals surface area contributed by atoms with Crippen LogP contribution in [0, 0.1) is 11.3 Å². The zero-order chi connectivity index (χ0) is 11.4. The summed E-state index contributed by atoms with van der Waals surface area (Å²) < 4.78 is 2.27. The van der Waals surface area contributed by atoms with Crippen molar-refractivity contribution in [2.75, 3.05) is 0 Å². The Balaban J connectivity index is 2.25. The third-order valence-electron chi connectivity index (χ3n) is 2.90. The molecule has 2 rings (SSSR count).